The van der Waals surface area contributed by atoms with Crippen molar-refractivity contribution in [2.45, 2.75) is 32.0 Å². The van der Waals surface area contributed by atoms with E-state index in [0.717, 1.165) is 16.9 Å². The molecule has 2 aromatic carbocycles. The van der Waals surface area contributed by atoms with Crippen molar-refractivity contribution >= 4 is 0 Å². The number of nitrogens with one attached hydrogen (secondary N) is 1. The van der Waals surface area contributed by atoms with Crippen LogP contribution in [-0.4, -0.2) is 18.3 Å². The van der Waals surface area contributed by atoms with Crippen LogP contribution in [0.15, 0.2) is 48.5 Å². The second kappa shape index (κ2) is 7.77. The molecule has 0 aliphatic rings. The van der Waals surface area contributed by atoms with E-state index in [-0.39, 0.29) is 12.1 Å². The Morgan fingerprint density at radius 1 is 1.09 bits per heavy atom. The van der Waals surface area contributed by atoms with E-state index in [1.807, 2.05) is 56.3 Å². The smallest absolute Gasteiger partial charge is 0.118 e. The Bertz CT molecular complexity index is 677. The highest BCUT2D eigenvalue weighted by Crippen LogP contribution is 2.22. The monoisotopic (exact) mass is 310 g/mol. The zero-order chi connectivity index (χ0) is 16.8. The Kier molecular flexibility index (Phi) is 5.75. The van der Waals surface area contributed by atoms with E-state index in [4.69, 9.17) is 10.00 Å². The molecule has 2 N–H and O–H groups in total. The van der Waals surface area contributed by atoms with Crippen molar-refractivity contribution in [3.8, 4) is 11.8 Å². The highest BCUT2D eigenvalue weighted by molar-refractivity contribution is 5.34. The van der Waals surface area contributed by atoms with Crippen molar-refractivity contribution < 1.29 is 9.84 Å². The Balaban J connectivity index is 2.04. The van der Waals surface area contributed by atoms with E-state index in [9.17, 15) is 5.11 Å². The summed E-state index contributed by atoms with van der Waals surface area (Å²) in [7, 11) is 1.62. The van der Waals surface area contributed by atoms with E-state index in [0.29, 0.717) is 5.56 Å². The molecule has 0 fully saturated rings. The van der Waals surface area contributed by atoms with Crippen LogP contribution in [0.5, 0.6) is 5.75 Å². The molecule has 2 aromatic rings. The first-order chi connectivity index (χ1) is 11.0. The van der Waals surface area contributed by atoms with E-state index in [2.05, 4.69) is 11.4 Å². The van der Waals surface area contributed by atoms with Crippen LogP contribution in [0.25, 0.3) is 0 Å². The summed E-state index contributed by atoms with van der Waals surface area (Å²) in [4.78, 5) is 0. The summed E-state index contributed by atoms with van der Waals surface area (Å²) in [5.41, 5.74) is 2.50. The molecule has 0 radical (unpaired) electrons. The van der Waals surface area contributed by atoms with Crippen LogP contribution >= 0.6 is 0 Å². The third-order valence-electron chi connectivity index (χ3n) is 3.96. The van der Waals surface area contributed by atoms with Gasteiger partial charge in [-0.3, -0.25) is 0 Å². The third-order valence-corrected chi connectivity index (χ3v) is 3.96. The minimum absolute atomic E-state index is 0.0335. The number of hydrogen-bond donors (Lipinski definition) is 2. The average Bonchev–Trinajstić information content (AvgIpc) is 2.61. The molecule has 4 heteroatoms. The van der Waals surface area contributed by atoms with Gasteiger partial charge in [0.2, 0.25) is 0 Å². The number of nitrogens with zero attached hydrogens (tertiary/aromatic N) is 1. The zero-order valence-corrected chi connectivity index (χ0v) is 13.7. The molecule has 3 atom stereocenters. The summed E-state index contributed by atoms with van der Waals surface area (Å²) in [6.07, 6.45) is -0.623. The van der Waals surface area contributed by atoms with Crippen molar-refractivity contribution in [2.24, 2.45) is 0 Å². The predicted octanol–water partition coefficient (Wildman–Crippen LogP) is 3.34. The Morgan fingerprint density at radius 2 is 1.78 bits per heavy atom. The number of nitriles is 1. The minimum Gasteiger partial charge on any atom is -0.497 e. The first-order valence-corrected chi connectivity index (χ1v) is 7.63. The largest absolute Gasteiger partial charge is 0.497 e. The molecule has 4 nitrogen and oxygen atoms in total. The highest BCUT2D eigenvalue weighted by atomic mass is 16.5. The van der Waals surface area contributed by atoms with Gasteiger partial charge < -0.3 is 15.2 Å². The first-order valence-electron chi connectivity index (χ1n) is 7.63. The second-order valence-electron chi connectivity index (χ2n) is 5.63. The van der Waals surface area contributed by atoms with Gasteiger partial charge in [-0.25, -0.2) is 0 Å². The van der Waals surface area contributed by atoms with Crippen molar-refractivity contribution in [1.29, 1.82) is 5.26 Å². The topological polar surface area (TPSA) is 65.3 Å². The fraction of sp³-hybridized carbons (Fsp3) is 0.316. The van der Waals surface area contributed by atoms with Gasteiger partial charge in [-0.1, -0.05) is 24.3 Å². The summed E-state index contributed by atoms with van der Waals surface area (Å²) in [6.45, 7) is 3.97. The van der Waals surface area contributed by atoms with Gasteiger partial charge in [-0.2, -0.15) is 5.26 Å². The molecule has 0 spiro atoms. The molecule has 120 valence electrons. The lowest BCUT2D eigenvalue weighted by Crippen LogP contribution is -2.34. The van der Waals surface area contributed by atoms with E-state index in [1.165, 1.54) is 0 Å². The number of benzene rings is 2. The minimum atomic E-state index is -0.623. The van der Waals surface area contributed by atoms with Gasteiger partial charge in [-0.15, -0.1) is 0 Å². The van der Waals surface area contributed by atoms with Gasteiger partial charge in [0, 0.05) is 12.1 Å². The number of ether oxygens (including phenoxy) is 1. The molecule has 0 amide bonds. The Hall–Kier alpha value is -2.35. The lowest BCUT2D eigenvalue weighted by molar-refractivity contribution is 0.130. The van der Waals surface area contributed by atoms with Gasteiger partial charge >= 0.3 is 0 Å². The SMILES string of the molecule is COc1ccc(C(O)C(C)NC(C)c2cccc(C#N)c2)cc1. The maximum Gasteiger partial charge on any atom is 0.118 e. The zero-order valence-electron chi connectivity index (χ0n) is 13.7. The van der Waals surface area contributed by atoms with Crippen LogP contribution in [0.2, 0.25) is 0 Å². The molecular weight excluding hydrogens is 288 g/mol. The van der Waals surface area contributed by atoms with Crippen LogP contribution in [0.3, 0.4) is 0 Å². The fourth-order valence-corrected chi connectivity index (χ4v) is 2.55. The molecule has 3 unspecified atom stereocenters. The standard InChI is InChI=1S/C19H22N2O2/c1-13(17-6-4-5-15(11-17)12-20)21-14(2)19(22)16-7-9-18(23-3)10-8-16/h4-11,13-14,19,21-22H,1-3H3. The van der Waals surface area contributed by atoms with Crippen LogP contribution in [0.4, 0.5) is 0 Å². The normalized spacial score (nSPS) is 14.6. The summed E-state index contributed by atoms with van der Waals surface area (Å²) in [5, 5.41) is 22.9. The van der Waals surface area contributed by atoms with E-state index < -0.39 is 6.10 Å². The molecule has 0 aliphatic carbocycles. The Labute approximate surface area is 137 Å². The van der Waals surface area contributed by atoms with Crippen LogP contribution < -0.4 is 10.1 Å². The quantitative estimate of drug-likeness (QED) is 0.859. The lowest BCUT2D eigenvalue weighted by Gasteiger charge is -2.25. The van der Waals surface area contributed by atoms with Gasteiger partial charge in [0.05, 0.1) is 24.8 Å². The van der Waals surface area contributed by atoms with Crippen molar-refractivity contribution in [1.82, 2.24) is 5.32 Å². The van der Waals surface area contributed by atoms with Gasteiger partial charge in [0.15, 0.2) is 0 Å². The summed E-state index contributed by atoms with van der Waals surface area (Å²) in [5.74, 6) is 0.767. The first kappa shape index (κ1) is 17.0. The molecule has 0 aliphatic heterocycles. The highest BCUT2D eigenvalue weighted by Gasteiger charge is 2.19. The van der Waals surface area contributed by atoms with E-state index >= 15 is 0 Å². The van der Waals surface area contributed by atoms with Gasteiger partial charge in [0.1, 0.15) is 5.75 Å². The summed E-state index contributed by atoms with van der Waals surface area (Å²) in [6, 6.07) is 16.9. The third kappa shape index (κ3) is 4.32. The molecule has 0 saturated heterocycles. The van der Waals surface area contributed by atoms with Crippen LogP contribution in [0.1, 0.15) is 42.7 Å². The molecule has 23 heavy (non-hydrogen) atoms. The second-order valence-corrected chi connectivity index (χ2v) is 5.63. The Morgan fingerprint density at radius 3 is 2.39 bits per heavy atom. The number of aliphatic hydroxyl groups excluding tert-OH is 1. The predicted molar refractivity (Wildman–Crippen MR) is 90.1 cm³/mol. The van der Waals surface area contributed by atoms with Crippen LogP contribution in [0, 0.1) is 11.3 Å². The van der Waals surface area contributed by atoms with Crippen molar-refractivity contribution in [3.05, 3.63) is 65.2 Å². The van der Waals surface area contributed by atoms with E-state index in [1.54, 1.807) is 13.2 Å². The number of rotatable bonds is 6. The molecule has 0 bridgehead atoms. The molecule has 0 heterocycles. The molecule has 0 aromatic heterocycles. The van der Waals surface area contributed by atoms with Crippen molar-refractivity contribution in [3.63, 3.8) is 0 Å². The molecule has 2 rings (SSSR count). The fourth-order valence-electron chi connectivity index (χ4n) is 2.55. The average molecular weight is 310 g/mol. The van der Waals surface area contributed by atoms with Crippen molar-refractivity contribution in [2.75, 3.05) is 7.11 Å². The number of hydrogen-bond acceptors (Lipinski definition) is 4. The van der Waals surface area contributed by atoms with Gasteiger partial charge in [0.25, 0.3) is 0 Å². The molecular formula is C19H22N2O2. The number of aliphatic hydroxyl groups is 1. The lowest BCUT2D eigenvalue weighted by atomic mass is 10.0. The van der Waals surface area contributed by atoms with Gasteiger partial charge in [-0.05, 0) is 49.2 Å². The van der Waals surface area contributed by atoms with Crippen LogP contribution in [-0.2, 0) is 0 Å². The summed E-state index contributed by atoms with van der Waals surface area (Å²) < 4.78 is 5.13. The molecule has 0 saturated carbocycles. The maximum absolute atomic E-state index is 10.5. The maximum atomic E-state index is 10.5. The summed E-state index contributed by atoms with van der Waals surface area (Å²) >= 11 is 0. The number of methoxy groups -OCH3 is 1.